The molecule has 1 aliphatic heterocycles. The molecule has 1 heterocycles. The van der Waals surface area contributed by atoms with Crippen LogP contribution < -0.4 is 19.7 Å². The van der Waals surface area contributed by atoms with Crippen LogP contribution in [0, 0.1) is 12.8 Å². The summed E-state index contributed by atoms with van der Waals surface area (Å²) in [5.41, 5.74) is 1.88. The first kappa shape index (κ1) is 22.4. The van der Waals surface area contributed by atoms with Gasteiger partial charge in [0.2, 0.25) is 5.91 Å². The van der Waals surface area contributed by atoms with Crippen LogP contribution in [0.2, 0.25) is 5.02 Å². The van der Waals surface area contributed by atoms with Gasteiger partial charge < -0.3 is 24.4 Å². The van der Waals surface area contributed by atoms with E-state index in [2.05, 4.69) is 5.32 Å². The Morgan fingerprint density at radius 2 is 1.94 bits per heavy atom. The molecule has 2 amide bonds. The number of rotatable bonds is 7. The van der Waals surface area contributed by atoms with Crippen LogP contribution in [0.15, 0.2) is 36.4 Å². The molecule has 2 aromatic carbocycles. The number of hydrogen-bond acceptors (Lipinski definition) is 6. The number of ether oxygens (including phenoxy) is 3. The monoisotopic (exact) mass is 446 g/mol. The van der Waals surface area contributed by atoms with Gasteiger partial charge in [-0.15, -0.1) is 0 Å². The second kappa shape index (κ2) is 9.70. The summed E-state index contributed by atoms with van der Waals surface area (Å²) in [6.07, 6.45) is -0.0196. The van der Waals surface area contributed by atoms with Crippen LogP contribution in [0.25, 0.3) is 0 Å². The standard InChI is InChI=1S/C22H23ClN2O6/c1-13-4-5-15(23)9-17(13)24-20(26)12-31-22(28)14-8-21(27)25(11-14)18-10-16(29-2)6-7-19(18)30-3/h4-7,9-10,14H,8,11-12H2,1-3H3,(H,24,26)/t14-/m0/s1. The fraction of sp³-hybridized carbons (Fsp3) is 0.318. The van der Waals surface area contributed by atoms with Crippen molar-refractivity contribution < 1.29 is 28.6 Å². The van der Waals surface area contributed by atoms with Crippen LogP contribution in [-0.4, -0.2) is 45.2 Å². The predicted octanol–water partition coefficient (Wildman–Crippen LogP) is 3.20. The Morgan fingerprint density at radius 1 is 1.16 bits per heavy atom. The van der Waals surface area contributed by atoms with E-state index in [9.17, 15) is 14.4 Å². The molecule has 9 heteroatoms. The summed E-state index contributed by atoms with van der Waals surface area (Å²) in [7, 11) is 3.02. The lowest BCUT2D eigenvalue weighted by atomic mass is 10.1. The molecule has 1 N–H and O–H groups in total. The number of methoxy groups -OCH3 is 2. The van der Waals surface area contributed by atoms with E-state index < -0.39 is 24.4 Å². The van der Waals surface area contributed by atoms with Crippen LogP contribution in [0.5, 0.6) is 11.5 Å². The molecular weight excluding hydrogens is 424 g/mol. The second-order valence-corrected chi connectivity index (χ2v) is 7.49. The average Bonchev–Trinajstić information content (AvgIpc) is 3.15. The maximum atomic E-state index is 12.5. The predicted molar refractivity (Wildman–Crippen MR) is 116 cm³/mol. The minimum Gasteiger partial charge on any atom is -0.497 e. The van der Waals surface area contributed by atoms with Gasteiger partial charge in [0.1, 0.15) is 11.5 Å². The Bertz CT molecular complexity index is 1010. The highest BCUT2D eigenvalue weighted by molar-refractivity contribution is 6.31. The number of anilines is 2. The normalized spacial score (nSPS) is 15.5. The SMILES string of the molecule is COc1ccc(OC)c(N2C[C@@H](C(=O)OCC(=O)Nc3cc(Cl)ccc3C)CC2=O)c1. The van der Waals surface area contributed by atoms with E-state index in [0.29, 0.717) is 27.9 Å². The Balaban J connectivity index is 1.60. The fourth-order valence-corrected chi connectivity index (χ4v) is 3.45. The highest BCUT2D eigenvalue weighted by atomic mass is 35.5. The van der Waals surface area contributed by atoms with Crippen LogP contribution in [0.3, 0.4) is 0 Å². The van der Waals surface area contributed by atoms with Crippen molar-refractivity contribution in [3.05, 3.63) is 47.0 Å². The van der Waals surface area contributed by atoms with Gasteiger partial charge >= 0.3 is 5.97 Å². The number of nitrogens with one attached hydrogen (secondary N) is 1. The number of esters is 1. The number of halogens is 1. The quantitative estimate of drug-likeness (QED) is 0.656. The van der Waals surface area contributed by atoms with Gasteiger partial charge in [-0.2, -0.15) is 0 Å². The van der Waals surface area contributed by atoms with Gasteiger partial charge in [-0.1, -0.05) is 17.7 Å². The maximum Gasteiger partial charge on any atom is 0.311 e. The van der Waals surface area contributed by atoms with Crippen molar-refractivity contribution in [3.8, 4) is 11.5 Å². The summed E-state index contributed by atoms with van der Waals surface area (Å²) in [5.74, 6) is -0.997. The van der Waals surface area contributed by atoms with Crippen molar-refractivity contribution in [2.75, 3.05) is 37.6 Å². The van der Waals surface area contributed by atoms with Crippen molar-refractivity contribution in [1.29, 1.82) is 0 Å². The number of amides is 2. The lowest BCUT2D eigenvalue weighted by Crippen LogP contribution is -2.28. The summed E-state index contributed by atoms with van der Waals surface area (Å²) in [6, 6.07) is 10.2. The zero-order valence-electron chi connectivity index (χ0n) is 17.4. The molecule has 0 spiro atoms. The minimum absolute atomic E-state index is 0.0196. The first-order chi connectivity index (χ1) is 14.8. The molecule has 3 rings (SSSR count). The third kappa shape index (κ3) is 5.27. The van der Waals surface area contributed by atoms with Crippen LogP contribution in [0.4, 0.5) is 11.4 Å². The van der Waals surface area contributed by atoms with E-state index in [1.807, 2.05) is 6.92 Å². The maximum absolute atomic E-state index is 12.5. The number of carbonyl (C=O) groups is 3. The first-order valence-electron chi connectivity index (χ1n) is 9.57. The van der Waals surface area contributed by atoms with Crippen molar-refractivity contribution >= 4 is 40.8 Å². The van der Waals surface area contributed by atoms with E-state index in [1.165, 1.54) is 19.1 Å². The third-order valence-corrected chi connectivity index (χ3v) is 5.19. The number of carbonyl (C=O) groups excluding carboxylic acids is 3. The van der Waals surface area contributed by atoms with Crippen LogP contribution in [0.1, 0.15) is 12.0 Å². The van der Waals surface area contributed by atoms with Crippen molar-refractivity contribution in [1.82, 2.24) is 0 Å². The van der Waals surface area contributed by atoms with Gasteiger partial charge in [-0.05, 0) is 36.8 Å². The van der Waals surface area contributed by atoms with Crippen molar-refractivity contribution in [2.45, 2.75) is 13.3 Å². The summed E-state index contributed by atoms with van der Waals surface area (Å²) in [6.45, 7) is 1.48. The molecule has 0 aliphatic carbocycles. The number of benzene rings is 2. The summed E-state index contributed by atoms with van der Waals surface area (Å²) in [5, 5.41) is 3.14. The molecule has 0 aromatic heterocycles. The third-order valence-electron chi connectivity index (χ3n) is 4.95. The van der Waals surface area contributed by atoms with E-state index in [-0.39, 0.29) is 18.9 Å². The molecule has 164 valence electrons. The van der Waals surface area contributed by atoms with Crippen LogP contribution in [-0.2, 0) is 19.1 Å². The van der Waals surface area contributed by atoms with Gasteiger partial charge in [0.25, 0.3) is 5.91 Å². The molecule has 1 aliphatic rings. The van der Waals surface area contributed by atoms with Gasteiger partial charge in [0.15, 0.2) is 6.61 Å². The highest BCUT2D eigenvalue weighted by Gasteiger charge is 2.37. The zero-order chi connectivity index (χ0) is 22.5. The Hall–Kier alpha value is -3.26. The largest absolute Gasteiger partial charge is 0.497 e. The van der Waals surface area contributed by atoms with Crippen LogP contribution >= 0.6 is 11.6 Å². The molecule has 0 bridgehead atoms. The van der Waals surface area contributed by atoms with E-state index in [4.69, 9.17) is 25.8 Å². The summed E-state index contributed by atoms with van der Waals surface area (Å²) >= 11 is 5.94. The number of aryl methyl sites for hydroxylation is 1. The highest BCUT2D eigenvalue weighted by Crippen LogP contribution is 2.36. The van der Waals surface area contributed by atoms with Gasteiger partial charge in [0, 0.05) is 29.7 Å². The Labute approximate surface area is 185 Å². The molecule has 31 heavy (non-hydrogen) atoms. The molecule has 0 saturated carbocycles. The lowest BCUT2D eigenvalue weighted by Gasteiger charge is -2.20. The van der Waals surface area contributed by atoms with Crippen molar-refractivity contribution in [2.24, 2.45) is 5.92 Å². The van der Waals surface area contributed by atoms with Gasteiger partial charge in [0.05, 0.1) is 25.8 Å². The molecule has 8 nitrogen and oxygen atoms in total. The Morgan fingerprint density at radius 3 is 2.65 bits per heavy atom. The molecule has 2 aromatic rings. The molecule has 1 saturated heterocycles. The van der Waals surface area contributed by atoms with Crippen molar-refractivity contribution in [3.63, 3.8) is 0 Å². The van der Waals surface area contributed by atoms with Gasteiger partial charge in [-0.25, -0.2) is 0 Å². The van der Waals surface area contributed by atoms with Gasteiger partial charge in [-0.3, -0.25) is 14.4 Å². The summed E-state index contributed by atoms with van der Waals surface area (Å²) in [4.78, 5) is 38.6. The van der Waals surface area contributed by atoms with E-state index in [0.717, 1.165) is 5.56 Å². The number of nitrogens with zero attached hydrogens (tertiary/aromatic N) is 1. The zero-order valence-corrected chi connectivity index (χ0v) is 18.2. The number of hydrogen-bond donors (Lipinski definition) is 1. The smallest absolute Gasteiger partial charge is 0.311 e. The van der Waals surface area contributed by atoms with E-state index in [1.54, 1.807) is 36.4 Å². The second-order valence-electron chi connectivity index (χ2n) is 7.06. The molecule has 0 radical (unpaired) electrons. The summed E-state index contributed by atoms with van der Waals surface area (Å²) < 4.78 is 15.7. The molecule has 1 fully saturated rings. The average molecular weight is 447 g/mol. The molecule has 0 unspecified atom stereocenters. The molecule has 1 atom stereocenters. The minimum atomic E-state index is -0.691. The lowest BCUT2D eigenvalue weighted by molar-refractivity contribution is -0.151. The molecular formula is C22H23ClN2O6. The fourth-order valence-electron chi connectivity index (χ4n) is 3.28. The Kier molecular flexibility index (Phi) is 7.02. The van der Waals surface area contributed by atoms with E-state index >= 15 is 0 Å². The first-order valence-corrected chi connectivity index (χ1v) is 9.95. The topological polar surface area (TPSA) is 94.2 Å².